The van der Waals surface area contributed by atoms with E-state index in [0.717, 1.165) is 5.56 Å². The number of hydrogen-bond donors (Lipinski definition) is 1. The zero-order chi connectivity index (χ0) is 20.7. The SMILES string of the molecule is CC[C@@H](Oc1ccccc1C)C(=O)Nc1cc(C(=O)OC)ccc1C(=O)OC. The van der Waals surface area contributed by atoms with E-state index in [1.165, 1.54) is 32.4 Å². The maximum absolute atomic E-state index is 12.8. The van der Waals surface area contributed by atoms with Crippen molar-refractivity contribution in [3.8, 4) is 5.75 Å². The van der Waals surface area contributed by atoms with E-state index in [2.05, 4.69) is 5.32 Å². The molecule has 0 aliphatic rings. The van der Waals surface area contributed by atoms with E-state index < -0.39 is 23.9 Å². The van der Waals surface area contributed by atoms with Gasteiger partial charge in [-0.05, 0) is 43.2 Å². The summed E-state index contributed by atoms with van der Waals surface area (Å²) in [4.78, 5) is 36.6. The largest absolute Gasteiger partial charge is 0.480 e. The topological polar surface area (TPSA) is 90.9 Å². The lowest BCUT2D eigenvalue weighted by Gasteiger charge is -2.19. The predicted molar refractivity (Wildman–Crippen MR) is 104 cm³/mol. The van der Waals surface area contributed by atoms with Gasteiger partial charge >= 0.3 is 11.9 Å². The Morgan fingerprint density at radius 3 is 2.29 bits per heavy atom. The number of para-hydroxylation sites is 1. The fourth-order valence-electron chi connectivity index (χ4n) is 2.56. The number of carbonyl (C=O) groups is 3. The number of aryl methyl sites for hydroxylation is 1. The summed E-state index contributed by atoms with van der Waals surface area (Å²) in [6, 6.07) is 11.6. The summed E-state index contributed by atoms with van der Waals surface area (Å²) in [5.41, 5.74) is 1.36. The molecular formula is C21H23NO6. The Balaban J connectivity index is 2.30. The van der Waals surface area contributed by atoms with Crippen LogP contribution in [0.15, 0.2) is 42.5 Å². The minimum Gasteiger partial charge on any atom is -0.480 e. The Hall–Kier alpha value is -3.35. The van der Waals surface area contributed by atoms with Gasteiger partial charge in [-0.3, -0.25) is 4.79 Å². The number of ether oxygens (including phenoxy) is 3. The number of amides is 1. The van der Waals surface area contributed by atoms with Crippen LogP contribution in [0.3, 0.4) is 0 Å². The highest BCUT2D eigenvalue weighted by Crippen LogP contribution is 2.22. The molecule has 0 aliphatic carbocycles. The van der Waals surface area contributed by atoms with E-state index in [9.17, 15) is 14.4 Å². The standard InChI is InChI=1S/C21H23NO6/c1-5-17(28-18-9-7-6-8-13(18)2)19(23)22-16-12-14(20(24)26-3)10-11-15(16)21(25)27-4/h6-12,17H,5H2,1-4H3,(H,22,23)/t17-/m1/s1. The van der Waals surface area contributed by atoms with Gasteiger partial charge in [0.15, 0.2) is 6.10 Å². The van der Waals surface area contributed by atoms with Crippen LogP contribution < -0.4 is 10.1 Å². The zero-order valence-electron chi connectivity index (χ0n) is 16.3. The molecule has 0 saturated carbocycles. The van der Waals surface area contributed by atoms with Crippen LogP contribution in [0, 0.1) is 6.92 Å². The summed E-state index contributed by atoms with van der Waals surface area (Å²) in [6.45, 7) is 3.70. The van der Waals surface area contributed by atoms with Crippen molar-refractivity contribution >= 4 is 23.5 Å². The molecule has 1 amide bonds. The molecule has 0 fully saturated rings. The van der Waals surface area contributed by atoms with Gasteiger partial charge in [-0.15, -0.1) is 0 Å². The van der Waals surface area contributed by atoms with Gasteiger partial charge < -0.3 is 19.5 Å². The molecule has 0 spiro atoms. The first kappa shape index (κ1) is 21.0. The molecule has 2 aromatic carbocycles. The highest BCUT2D eigenvalue weighted by atomic mass is 16.5. The van der Waals surface area contributed by atoms with Crippen LogP contribution >= 0.6 is 0 Å². The number of rotatable bonds is 7. The van der Waals surface area contributed by atoms with Crippen molar-refractivity contribution in [3.05, 3.63) is 59.2 Å². The molecule has 7 nitrogen and oxygen atoms in total. The number of hydrogen-bond acceptors (Lipinski definition) is 6. The predicted octanol–water partition coefficient (Wildman–Crippen LogP) is 3.36. The van der Waals surface area contributed by atoms with E-state index in [1.807, 2.05) is 32.0 Å². The maximum atomic E-state index is 12.8. The van der Waals surface area contributed by atoms with Crippen LogP contribution in [0.25, 0.3) is 0 Å². The molecule has 1 N–H and O–H groups in total. The third kappa shape index (κ3) is 4.88. The smallest absolute Gasteiger partial charge is 0.339 e. The Morgan fingerprint density at radius 1 is 1.00 bits per heavy atom. The fourth-order valence-corrected chi connectivity index (χ4v) is 2.56. The van der Waals surface area contributed by atoms with Gasteiger partial charge in [0.1, 0.15) is 5.75 Å². The average molecular weight is 385 g/mol. The number of anilines is 1. The molecule has 0 saturated heterocycles. The maximum Gasteiger partial charge on any atom is 0.339 e. The zero-order valence-corrected chi connectivity index (χ0v) is 16.3. The van der Waals surface area contributed by atoms with Crippen molar-refractivity contribution in [2.24, 2.45) is 0 Å². The molecule has 0 heterocycles. The number of nitrogens with one attached hydrogen (secondary N) is 1. The minimum absolute atomic E-state index is 0.120. The second kappa shape index (κ2) is 9.55. The number of benzene rings is 2. The Morgan fingerprint density at radius 2 is 1.68 bits per heavy atom. The normalized spacial score (nSPS) is 11.3. The van der Waals surface area contributed by atoms with E-state index in [0.29, 0.717) is 12.2 Å². The first-order valence-corrected chi connectivity index (χ1v) is 8.75. The van der Waals surface area contributed by atoms with Crippen LogP contribution in [-0.2, 0) is 14.3 Å². The van der Waals surface area contributed by atoms with Gasteiger partial charge in [0.25, 0.3) is 5.91 Å². The number of esters is 2. The lowest BCUT2D eigenvalue weighted by molar-refractivity contribution is -0.122. The first-order chi connectivity index (χ1) is 13.4. The summed E-state index contributed by atoms with van der Waals surface area (Å²) >= 11 is 0. The molecule has 7 heteroatoms. The summed E-state index contributed by atoms with van der Waals surface area (Å²) in [6.07, 6.45) is -0.377. The van der Waals surface area contributed by atoms with Gasteiger partial charge in [0.05, 0.1) is 31.0 Å². The van der Waals surface area contributed by atoms with Gasteiger partial charge in [0.2, 0.25) is 0 Å². The van der Waals surface area contributed by atoms with E-state index in [4.69, 9.17) is 14.2 Å². The van der Waals surface area contributed by atoms with Crippen molar-refractivity contribution in [2.75, 3.05) is 19.5 Å². The third-order valence-electron chi connectivity index (χ3n) is 4.13. The average Bonchev–Trinajstić information content (AvgIpc) is 2.71. The van der Waals surface area contributed by atoms with Gasteiger partial charge in [0, 0.05) is 0 Å². The molecule has 0 aromatic heterocycles. The summed E-state index contributed by atoms with van der Waals surface area (Å²) < 4.78 is 15.3. The second-order valence-corrected chi connectivity index (χ2v) is 6.01. The monoisotopic (exact) mass is 385 g/mol. The van der Waals surface area contributed by atoms with E-state index in [1.54, 1.807) is 6.07 Å². The molecule has 0 radical (unpaired) electrons. The molecule has 1 atom stereocenters. The van der Waals surface area contributed by atoms with Crippen molar-refractivity contribution in [2.45, 2.75) is 26.4 Å². The third-order valence-corrected chi connectivity index (χ3v) is 4.13. The molecular weight excluding hydrogens is 362 g/mol. The Bertz CT molecular complexity index is 877. The second-order valence-electron chi connectivity index (χ2n) is 6.01. The molecule has 2 aromatic rings. The van der Waals surface area contributed by atoms with Gasteiger partial charge in [-0.2, -0.15) is 0 Å². The molecule has 0 aliphatic heterocycles. The van der Waals surface area contributed by atoms with E-state index in [-0.39, 0.29) is 16.8 Å². The summed E-state index contributed by atoms with van der Waals surface area (Å²) in [5, 5.41) is 2.66. The Labute approximate surface area is 163 Å². The lowest BCUT2D eigenvalue weighted by Crippen LogP contribution is -2.33. The van der Waals surface area contributed by atoms with Crippen LogP contribution in [0.4, 0.5) is 5.69 Å². The number of carbonyl (C=O) groups excluding carboxylic acids is 3. The molecule has 0 unspecified atom stereocenters. The van der Waals surface area contributed by atoms with Crippen LogP contribution in [0.5, 0.6) is 5.75 Å². The van der Waals surface area contributed by atoms with Crippen molar-refractivity contribution in [3.63, 3.8) is 0 Å². The Kier molecular flexibility index (Phi) is 7.14. The highest BCUT2D eigenvalue weighted by molar-refractivity contribution is 6.04. The van der Waals surface area contributed by atoms with Crippen molar-refractivity contribution < 1.29 is 28.6 Å². The number of methoxy groups -OCH3 is 2. The molecule has 28 heavy (non-hydrogen) atoms. The first-order valence-electron chi connectivity index (χ1n) is 8.75. The molecule has 2 rings (SSSR count). The van der Waals surface area contributed by atoms with Crippen LogP contribution in [-0.4, -0.2) is 38.2 Å². The van der Waals surface area contributed by atoms with Crippen LogP contribution in [0.2, 0.25) is 0 Å². The minimum atomic E-state index is -0.784. The van der Waals surface area contributed by atoms with E-state index >= 15 is 0 Å². The fraction of sp³-hybridized carbons (Fsp3) is 0.286. The summed E-state index contributed by atoms with van der Waals surface area (Å²) in [7, 11) is 2.48. The van der Waals surface area contributed by atoms with Crippen molar-refractivity contribution in [1.29, 1.82) is 0 Å². The molecule has 148 valence electrons. The quantitative estimate of drug-likeness (QED) is 0.735. The van der Waals surface area contributed by atoms with Gasteiger partial charge in [-0.1, -0.05) is 25.1 Å². The highest BCUT2D eigenvalue weighted by Gasteiger charge is 2.23. The van der Waals surface area contributed by atoms with Crippen molar-refractivity contribution in [1.82, 2.24) is 0 Å². The van der Waals surface area contributed by atoms with Crippen LogP contribution in [0.1, 0.15) is 39.6 Å². The lowest BCUT2D eigenvalue weighted by atomic mass is 10.1. The van der Waals surface area contributed by atoms with Gasteiger partial charge in [-0.25, -0.2) is 9.59 Å². The molecule has 0 bridgehead atoms. The summed E-state index contributed by atoms with van der Waals surface area (Å²) in [5.74, 6) is -1.08.